The second kappa shape index (κ2) is 22.2. The number of rotatable bonds is 19. The summed E-state index contributed by atoms with van der Waals surface area (Å²) in [5, 5.41) is 13.9. The summed E-state index contributed by atoms with van der Waals surface area (Å²) in [6.45, 7) is 5.53. The van der Waals surface area contributed by atoms with Crippen LogP contribution < -0.4 is 0 Å². The first-order valence-electron chi connectivity index (χ1n) is 11.6. The molecule has 180 valence electrons. The molecule has 2 atom stereocenters. The number of ether oxygens (including phenoxy) is 1. The van der Waals surface area contributed by atoms with Gasteiger partial charge in [0.05, 0.1) is 6.42 Å². The number of aliphatic carboxylic acids is 2. The van der Waals surface area contributed by atoms with E-state index >= 15 is 0 Å². The van der Waals surface area contributed by atoms with Gasteiger partial charge < -0.3 is 10.2 Å². The van der Waals surface area contributed by atoms with Crippen molar-refractivity contribution in [3.8, 4) is 0 Å². The summed E-state index contributed by atoms with van der Waals surface area (Å²) in [7, 11) is -4.84. The van der Waals surface area contributed by atoms with Crippen LogP contribution in [-0.2, 0) is 24.4 Å². The van der Waals surface area contributed by atoms with Crippen molar-refractivity contribution in [2.24, 2.45) is 0 Å². The Labute approximate surface area is 222 Å². The molecule has 31 heavy (non-hydrogen) atoms. The van der Waals surface area contributed by atoms with E-state index in [1.807, 2.05) is 0 Å². The Hall–Kier alpha value is 0.446. The first kappa shape index (κ1) is 33.6. The maximum atomic E-state index is 10.2. The normalized spacial score (nSPS) is 13.2. The number of carbonyl (C=O) groups is 2. The Morgan fingerprint density at radius 2 is 1.26 bits per heavy atom. The van der Waals surface area contributed by atoms with Gasteiger partial charge in [-0.05, 0) is 0 Å². The summed E-state index contributed by atoms with van der Waals surface area (Å²) in [6, 6.07) is 0. The van der Waals surface area contributed by atoms with Crippen LogP contribution in [0.2, 0.25) is 0 Å². The average molecular weight is 493 g/mol. The van der Waals surface area contributed by atoms with Crippen LogP contribution >= 0.6 is 0 Å². The minimum Gasteiger partial charge on any atom is -0.481 e. The Bertz CT molecular complexity index is 554. The molecule has 0 bridgehead atoms. The van der Waals surface area contributed by atoms with Gasteiger partial charge in [-0.15, -0.1) is 0 Å². The van der Waals surface area contributed by atoms with Gasteiger partial charge in [-0.1, -0.05) is 26.2 Å². The zero-order valence-electron chi connectivity index (χ0n) is 19.6. The largest absolute Gasteiger partial charge is 0.481 e. The molecule has 0 aromatic rings. The molecule has 0 aliphatic carbocycles. The van der Waals surface area contributed by atoms with Crippen LogP contribution in [0.4, 0.5) is 0 Å². The van der Waals surface area contributed by atoms with Gasteiger partial charge in [-0.2, -0.15) is 8.42 Å². The standard InChI is InChI=1S/C17H35O.C4H6O7S.K/c1-3-5-6-7-8-9-10-11-12-13-14-15-17-18-16-4-2;5-3(6)1-2(4(7)8)12(9,10)11;/h16H,3-15,17H2,1-2H3;2H,1H2,(H,5,6)(H,7,8)(H,9,10,11);. The minimum atomic E-state index is -4.84. The van der Waals surface area contributed by atoms with Gasteiger partial charge in [0, 0.05) is 0 Å². The Balaban J connectivity index is 0. The van der Waals surface area contributed by atoms with Gasteiger partial charge in [-0.25, -0.2) is 0 Å². The van der Waals surface area contributed by atoms with Crippen molar-refractivity contribution in [1.29, 1.82) is 0 Å². The Kier molecular flexibility index (Phi) is 24.1. The van der Waals surface area contributed by atoms with Gasteiger partial charge in [0.25, 0.3) is 10.1 Å². The van der Waals surface area contributed by atoms with Crippen molar-refractivity contribution in [2.75, 3.05) is 6.61 Å². The summed E-state index contributed by atoms with van der Waals surface area (Å²) in [4.78, 5) is 20.0. The maximum absolute atomic E-state index is 10.2. The van der Waals surface area contributed by atoms with Crippen molar-refractivity contribution in [3.63, 3.8) is 0 Å². The zero-order valence-corrected chi connectivity index (χ0v) is 23.5. The molecule has 0 heterocycles. The molecule has 2 unspecified atom stereocenters. The second-order valence-corrected chi connectivity index (χ2v) is 11.5. The van der Waals surface area contributed by atoms with E-state index in [4.69, 9.17) is 19.5 Å². The number of carboxylic acid groups (broad SMARTS) is 2. The molecule has 10 heteroatoms. The van der Waals surface area contributed by atoms with Crippen LogP contribution in [0.3, 0.4) is 0 Å². The summed E-state index contributed by atoms with van der Waals surface area (Å²) < 4.78 is 35.1. The fourth-order valence-corrected chi connectivity index (χ4v) is 3.80. The van der Waals surface area contributed by atoms with Crippen molar-refractivity contribution < 1.29 is 37.5 Å². The molecule has 0 saturated carbocycles. The Morgan fingerprint density at radius 1 is 0.839 bits per heavy atom. The molecule has 0 spiro atoms. The van der Waals surface area contributed by atoms with Gasteiger partial charge >= 0.3 is 144 Å². The van der Waals surface area contributed by atoms with Crippen LogP contribution in [0.5, 0.6) is 0 Å². The second-order valence-electron chi connectivity index (χ2n) is 7.92. The van der Waals surface area contributed by atoms with Crippen LogP contribution in [0.1, 0.15) is 104 Å². The maximum Gasteiger partial charge on any atom is 0.325 e. The fourth-order valence-electron chi connectivity index (χ4n) is 2.82. The smallest absolute Gasteiger partial charge is 0.325 e. The summed E-state index contributed by atoms with van der Waals surface area (Å²) in [6.07, 6.45) is 17.1. The van der Waals surface area contributed by atoms with E-state index in [1.54, 1.807) is 0 Å². The Morgan fingerprint density at radius 3 is 1.55 bits per heavy atom. The summed E-state index contributed by atoms with van der Waals surface area (Å²) in [5.41, 5.74) is 0. The zero-order chi connectivity index (χ0) is 24.1. The third-order valence-electron chi connectivity index (χ3n) is 4.97. The molecule has 8 nitrogen and oxygen atoms in total. The van der Waals surface area contributed by atoms with E-state index in [2.05, 4.69) is 13.8 Å². The predicted octanol–water partition coefficient (Wildman–Crippen LogP) is 4.41. The molecule has 0 aliphatic rings. The topological polar surface area (TPSA) is 138 Å². The van der Waals surface area contributed by atoms with E-state index in [0.29, 0.717) is 0.199 Å². The predicted molar refractivity (Wildman–Crippen MR) is 122 cm³/mol. The molecule has 0 saturated heterocycles. The molecule has 0 rings (SSSR count). The minimum absolute atomic E-state index is 0.639. The SMILES string of the molecule is CCCCCCCCCCCCCCO[CH]([K])CC.O=C(O)CC(C(=O)O)S(=O)(=O)O. The van der Waals surface area contributed by atoms with E-state index < -0.39 is 33.7 Å². The van der Waals surface area contributed by atoms with Gasteiger partial charge in [0.15, 0.2) is 5.25 Å². The number of hydrogen-bond acceptors (Lipinski definition) is 5. The molecular formula is C21H41KO8S. The average Bonchev–Trinajstić information content (AvgIpc) is 2.68. The van der Waals surface area contributed by atoms with Crippen molar-refractivity contribution in [3.05, 3.63) is 0 Å². The van der Waals surface area contributed by atoms with Crippen molar-refractivity contribution in [2.45, 2.75) is 109 Å². The molecule has 0 aromatic carbocycles. The molecule has 0 aliphatic heterocycles. The first-order valence-corrected chi connectivity index (χ1v) is 14.9. The summed E-state index contributed by atoms with van der Waals surface area (Å²) >= 11 is 0.846. The molecule has 0 amide bonds. The van der Waals surface area contributed by atoms with Crippen LogP contribution in [0.25, 0.3) is 0 Å². The van der Waals surface area contributed by atoms with Crippen LogP contribution in [0.15, 0.2) is 0 Å². The first-order chi connectivity index (χ1) is 14.6. The van der Waals surface area contributed by atoms with E-state index in [9.17, 15) is 18.0 Å². The van der Waals surface area contributed by atoms with Crippen molar-refractivity contribution >= 4 is 71.0 Å². The number of carboxylic acids is 2. The third-order valence-corrected chi connectivity index (χ3v) is 7.85. The molecule has 3 N–H and O–H groups in total. The fraction of sp³-hybridized carbons (Fsp3) is 0.905. The van der Waals surface area contributed by atoms with Gasteiger partial charge in [-0.3, -0.25) is 14.1 Å². The van der Waals surface area contributed by atoms with E-state index in [1.165, 1.54) is 83.5 Å². The quantitative estimate of drug-likeness (QED) is 0.137. The number of unbranched alkanes of at least 4 members (excludes halogenated alkanes) is 11. The summed E-state index contributed by atoms with van der Waals surface area (Å²) in [5.74, 6) is -3.50. The van der Waals surface area contributed by atoms with Crippen molar-refractivity contribution in [1.82, 2.24) is 0 Å². The van der Waals surface area contributed by atoms with Gasteiger partial charge in [0.2, 0.25) is 0 Å². The number of hydrogen-bond donors (Lipinski definition) is 3. The third kappa shape index (κ3) is 24.9. The van der Waals surface area contributed by atoms with Crippen LogP contribution in [0, 0.1) is 0 Å². The molecule has 0 aromatic heterocycles. The van der Waals surface area contributed by atoms with E-state index in [0.717, 1.165) is 55.6 Å². The van der Waals surface area contributed by atoms with E-state index in [-0.39, 0.29) is 0 Å². The van der Waals surface area contributed by atoms with Gasteiger partial charge in [0.1, 0.15) is 0 Å². The monoisotopic (exact) mass is 492 g/mol. The molecule has 0 fully saturated rings. The van der Waals surface area contributed by atoms with Crippen LogP contribution in [-0.4, -0.2) is 96.1 Å². The molecule has 0 radical (unpaired) electrons. The molecular weight excluding hydrogens is 451 g/mol.